The number of hydrogen-bond acceptors (Lipinski definition) is 4. The van der Waals surface area contributed by atoms with Crippen LogP contribution in [0.3, 0.4) is 0 Å². The van der Waals surface area contributed by atoms with Gasteiger partial charge in [0, 0.05) is 0 Å². The summed E-state index contributed by atoms with van der Waals surface area (Å²) in [6.45, 7) is 5.13. The third kappa shape index (κ3) is 4.02. The van der Waals surface area contributed by atoms with E-state index in [-0.39, 0.29) is 0 Å². The molecule has 0 atom stereocenters. The fourth-order valence-electron chi connectivity index (χ4n) is 3.94. The van der Waals surface area contributed by atoms with E-state index in [1.807, 2.05) is 18.2 Å². The van der Waals surface area contributed by atoms with E-state index in [4.69, 9.17) is 10.00 Å². The zero-order chi connectivity index (χ0) is 20.3. The van der Waals surface area contributed by atoms with Gasteiger partial charge in [-0.25, -0.2) is 0 Å². The summed E-state index contributed by atoms with van der Waals surface area (Å²) in [5.41, 5.74) is 5.97. The van der Waals surface area contributed by atoms with Crippen molar-refractivity contribution < 1.29 is 4.74 Å². The number of hydrogen-bond donors (Lipinski definition) is 2. The first-order valence-corrected chi connectivity index (χ1v) is 12.9. The SMILES string of the molecule is N#Cc1ccc2c(-c3cc4ccc(C[As]CCN5CCOCC5)cc4[nH]3)n[nH]c2c1. The minimum atomic E-state index is 0.316. The third-order valence-electron chi connectivity index (χ3n) is 5.61. The molecule has 0 aliphatic carbocycles. The Morgan fingerprint density at radius 2 is 2.00 bits per heavy atom. The minimum absolute atomic E-state index is 0.316. The molecule has 3 heterocycles. The Bertz CT molecular complexity index is 1220. The molecule has 6 nitrogen and oxygen atoms in total. The fourth-order valence-corrected chi connectivity index (χ4v) is 6.12. The molecule has 2 aromatic carbocycles. The van der Waals surface area contributed by atoms with Crippen molar-refractivity contribution in [3.63, 3.8) is 0 Å². The van der Waals surface area contributed by atoms with Crippen LogP contribution in [0.25, 0.3) is 33.2 Å². The molecule has 2 N–H and O–H groups in total. The summed E-state index contributed by atoms with van der Waals surface area (Å²) in [7, 11) is 0. The number of morpholine rings is 1. The van der Waals surface area contributed by atoms with Gasteiger partial charge >= 0.3 is 177 Å². The van der Waals surface area contributed by atoms with Crippen LogP contribution in [0.4, 0.5) is 0 Å². The normalized spacial score (nSPS) is 15.4. The zero-order valence-electron chi connectivity index (χ0n) is 16.7. The van der Waals surface area contributed by atoms with Gasteiger partial charge in [0.2, 0.25) is 0 Å². The zero-order valence-corrected chi connectivity index (χ0v) is 18.6. The van der Waals surface area contributed by atoms with Crippen molar-refractivity contribution in [1.29, 1.82) is 5.26 Å². The average Bonchev–Trinajstić information content (AvgIpc) is 3.40. The van der Waals surface area contributed by atoms with Gasteiger partial charge in [-0.3, -0.25) is 0 Å². The quantitative estimate of drug-likeness (QED) is 0.341. The van der Waals surface area contributed by atoms with E-state index >= 15 is 0 Å². The summed E-state index contributed by atoms with van der Waals surface area (Å²) in [4.78, 5) is 6.06. The van der Waals surface area contributed by atoms with Crippen molar-refractivity contribution in [2.24, 2.45) is 0 Å². The van der Waals surface area contributed by atoms with Gasteiger partial charge in [-0.05, 0) is 0 Å². The molecule has 30 heavy (non-hydrogen) atoms. The van der Waals surface area contributed by atoms with Crippen molar-refractivity contribution in [2.75, 3.05) is 32.8 Å². The second kappa shape index (κ2) is 8.65. The van der Waals surface area contributed by atoms with Gasteiger partial charge in [0.25, 0.3) is 0 Å². The Balaban J connectivity index is 1.29. The monoisotopic (exact) mass is 460 g/mol. The number of fused-ring (bicyclic) bond motifs is 2. The third-order valence-corrected chi connectivity index (χ3v) is 7.92. The van der Waals surface area contributed by atoms with Crippen molar-refractivity contribution in [1.82, 2.24) is 20.1 Å². The van der Waals surface area contributed by atoms with Crippen molar-refractivity contribution >= 4 is 37.6 Å². The van der Waals surface area contributed by atoms with E-state index in [9.17, 15) is 0 Å². The standard InChI is InChI=1S/C23H23AsN5O/c25-15-17-2-4-19-21(12-17)27-28-23(19)22-13-18-3-1-16(11-20(18)26-22)14-24-5-6-29-7-9-30-10-8-29/h1-4,11-13,26H,5-10,14H2,(H,27,28). The molecule has 0 bridgehead atoms. The number of nitriles is 1. The molecule has 1 saturated heterocycles. The predicted octanol–water partition coefficient (Wildman–Crippen LogP) is 3.54. The summed E-state index contributed by atoms with van der Waals surface area (Å²) in [6, 6.07) is 16.7. The summed E-state index contributed by atoms with van der Waals surface area (Å²) >= 11 is 0.316. The molecule has 1 aliphatic rings. The average molecular weight is 460 g/mol. The maximum atomic E-state index is 9.09. The van der Waals surface area contributed by atoms with Gasteiger partial charge in [0.1, 0.15) is 0 Å². The van der Waals surface area contributed by atoms with Crippen LogP contribution in [0, 0.1) is 11.3 Å². The summed E-state index contributed by atoms with van der Waals surface area (Å²) < 4.78 is 5.42. The Hall–Kier alpha value is -2.58. The molecule has 4 aromatic rings. The van der Waals surface area contributed by atoms with Crippen LogP contribution in [0.15, 0.2) is 42.5 Å². The van der Waals surface area contributed by atoms with Crippen LogP contribution >= 0.6 is 0 Å². The van der Waals surface area contributed by atoms with E-state index in [2.05, 4.69) is 50.4 Å². The molecule has 0 unspecified atom stereocenters. The maximum absolute atomic E-state index is 9.09. The first-order valence-electron chi connectivity index (χ1n) is 10.2. The number of ether oxygens (including phenoxy) is 1. The molecule has 151 valence electrons. The second-order valence-electron chi connectivity index (χ2n) is 7.61. The van der Waals surface area contributed by atoms with Gasteiger partial charge in [0.05, 0.1) is 0 Å². The molecular formula is C23H23AsN5O. The van der Waals surface area contributed by atoms with E-state index in [1.54, 1.807) is 0 Å². The summed E-state index contributed by atoms with van der Waals surface area (Å²) in [5, 5.41) is 21.3. The first-order chi connectivity index (χ1) is 14.8. The van der Waals surface area contributed by atoms with E-state index in [1.165, 1.54) is 27.9 Å². The Kier molecular flexibility index (Phi) is 5.59. The molecule has 5 rings (SSSR count). The number of nitrogens with one attached hydrogen (secondary N) is 2. The molecule has 2 aromatic heterocycles. The van der Waals surface area contributed by atoms with Crippen LogP contribution in [0.5, 0.6) is 0 Å². The van der Waals surface area contributed by atoms with Gasteiger partial charge in [-0.2, -0.15) is 5.26 Å². The topological polar surface area (TPSA) is 80.7 Å². The van der Waals surface area contributed by atoms with Crippen molar-refractivity contribution in [3.05, 3.63) is 53.6 Å². The van der Waals surface area contributed by atoms with Gasteiger partial charge in [0.15, 0.2) is 0 Å². The second-order valence-corrected chi connectivity index (χ2v) is 10.1. The fraction of sp³-hybridized carbons (Fsp3) is 0.304. The Morgan fingerprint density at radius 3 is 2.87 bits per heavy atom. The molecule has 7 heteroatoms. The van der Waals surface area contributed by atoms with Crippen LogP contribution in [-0.2, 0) is 9.95 Å². The molecule has 0 amide bonds. The van der Waals surface area contributed by atoms with E-state index < -0.39 is 0 Å². The number of rotatable bonds is 6. The Morgan fingerprint density at radius 1 is 1.10 bits per heavy atom. The molecular weight excluding hydrogens is 437 g/mol. The molecule has 0 spiro atoms. The van der Waals surface area contributed by atoms with E-state index in [0.29, 0.717) is 21.3 Å². The molecule has 1 aliphatic heterocycles. The van der Waals surface area contributed by atoms with Gasteiger partial charge in [-0.15, -0.1) is 0 Å². The number of aromatic amines is 2. The summed E-state index contributed by atoms with van der Waals surface area (Å²) in [6.07, 6.45) is 0. The number of aromatic nitrogens is 3. The molecule has 1 fully saturated rings. The Labute approximate surface area is 181 Å². The number of nitrogens with zero attached hydrogens (tertiary/aromatic N) is 3. The van der Waals surface area contributed by atoms with Crippen LogP contribution in [-0.4, -0.2) is 68.7 Å². The van der Waals surface area contributed by atoms with Crippen LogP contribution in [0.2, 0.25) is 5.21 Å². The van der Waals surface area contributed by atoms with Crippen LogP contribution in [0.1, 0.15) is 11.1 Å². The summed E-state index contributed by atoms with van der Waals surface area (Å²) in [5.74, 6) is 0. The van der Waals surface area contributed by atoms with Crippen LogP contribution < -0.4 is 0 Å². The van der Waals surface area contributed by atoms with Crippen molar-refractivity contribution in [3.8, 4) is 17.5 Å². The van der Waals surface area contributed by atoms with Crippen molar-refractivity contribution in [2.45, 2.75) is 10.4 Å². The van der Waals surface area contributed by atoms with Gasteiger partial charge in [-0.1, -0.05) is 0 Å². The molecule has 1 radical (unpaired) electrons. The number of benzene rings is 2. The first kappa shape index (κ1) is 19.4. The number of H-pyrrole nitrogens is 2. The molecule has 0 saturated carbocycles. The predicted molar refractivity (Wildman–Crippen MR) is 120 cm³/mol. The van der Waals surface area contributed by atoms with E-state index in [0.717, 1.165) is 54.1 Å². The van der Waals surface area contributed by atoms with Gasteiger partial charge < -0.3 is 0 Å².